The molecule has 0 unspecified atom stereocenters. The van der Waals surface area contributed by atoms with Crippen LogP contribution >= 0.6 is 0 Å². The van der Waals surface area contributed by atoms with Gasteiger partial charge in [0.25, 0.3) is 10.1 Å². The van der Waals surface area contributed by atoms with Crippen LogP contribution in [0.4, 0.5) is 17.1 Å². The number of rotatable bonds is 6. The first-order valence-electron chi connectivity index (χ1n) is 21.2. The fourth-order valence-corrected chi connectivity index (χ4v) is 11.3. The normalized spacial score (nSPS) is 17.2. The Morgan fingerprint density at radius 2 is 1.22 bits per heavy atom. The molecule has 0 radical (unpaired) electrons. The molecule has 10 nitrogen and oxygen atoms in total. The van der Waals surface area contributed by atoms with Crippen molar-refractivity contribution in [3.63, 3.8) is 0 Å². The Labute approximate surface area is 366 Å². The van der Waals surface area contributed by atoms with Crippen LogP contribution in [0.2, 0.25) is 0 Å². The Morgan fingerprint density at radius 1 is 0.594 bits per heavy atom. The minimum absolute atomic E-state index is 0.0688. The topological polar surface area (TPSA) is 149 Å². The van der Waals surface area contributed by atoms with Crippen molar-refractivity contribution in [2.45, 2.75) is 17.7 Å². The van der Waals surface area contributed by atoms with Gasteiger partial charge in [-0.2, -0.15) is 8.42 Å². The Morgan fingerprint density at radius 3 is 1.88 bits per heavy atom. The molecule has 2 heterocycles. The van der Waals surface area contributed by atoms with Crippen molar-refractivity contribution in [2.24, 2.45) is 4.99 Å². The number of nitrogens with zero attached hydrogens (tertiary/aromatic N) is 1. The van der Waals surface area contributed by atoms with Crippen molar-refractivity contribution in [1.29, 1.82) is 0 Å². The zero-order valence-corrected chi connectivity index (χ0v) is 34.8. The van der Waals surface area contributed by atoms with E-state index in [4.69, 9.17) is 9.73 Å². The van der Waals surface area contributed by atoms with Gasteiger partial charge in [-0.3, -0.25) is 9.35 Å². The summed E-state index contributed by atoms with van der Waals surface area (Å²) in [4.78, 5) is 20.6. The van der Waals surface area contributed by atoms with Crippen LogP contribution in [0.3, 0.4) is 0 Å². The Bertz CT molecular complexity index is 3660. The van der Waals surface area contributed by atoms with Gasteiger partial charge in [0.05, 0.1) is 40.2 Å². The van der Waals surface area contributed by atoms with E-state index < -0.39 is 27.2 Å². The molecule has 0 fully saturated rings. The molecule has 5 N–H and O–H groups in total. The highest BCUT2D eigenvalue weighted by Crippen LogP contribution is 2.56. The average Bonchev–Trinajstić information content (AvgIpc) is 3.72. The first-order valence-corrected chi connectivity index (χ1v) is 22.8. The molecule has 0 bridgehead atoms. The standard InChI is InChI=1S/C53H36N4O6S/c58-50-46(36-23-21-29-11-9-20-42-44(29)48(36)56-52(54-42)38-16-5-1-12-32(38)33-13-2-6-17-39(33)52)51(59)47(50)37-24-22-30-27-31(63-25-10-26-64(60,61)62)28-43-45(30)49(37)57-53(55-43)40-18-7-3-14-34(40)35-15-4-8-19-41(35)53/h1-9,11-24,27-28,54-55,57-58H,10,25-26H2,(H,60,61,62)/b46-36+. The molecule has 64 heavy (non-hydrogen) atoms. The van der Waals surface area contributed by atoms with E-state index in [1.165, 1.54) is 0 Å². The maximum Gasteiger partial charge on any atom is 0.264 e. The minimum Gasteiger partial charge on any atom is -0.506 e. The van der Waals surface area contributed by atoms with E-state index in [1.54, 1.807) is 0 Å². The summed E-state index contributed by atoms with van der Waals surface area (Å²) in [5.41, 5.74) is 9.59. The zero-order chi connectivity index (χ0) is 43.1. The minimum atomic E-state index is -4.14. The number of fused-ring (bicyclic) bond motifs is 10. The summed E-state index contributed by atoms with van der Waals surface area (Å²) >= 11 is 0. The van der Waals surface area contributed by atoms with E-state index in [9.17, 15) is 18.1 Å². The zero-order valence-electron chi connectivity index (χ0n) is 33.9. The van der Waals surface area contributed by atoms with E-state index in [1.807, 2.05) is 103 Å². The predicted molar refractivity (Wildman–Crippen MR) is 249 cm³/mol. The van der Waals surface area contributed by atoms with Crippen LogP contribution in [0.1, 0.15) is 34.2 Å². The van der Waals surface area contributed by atoms with Crippen LogP contribution < -0.4 is 31.3 Å². The van der Waals surface area contributed by atoms with E-state index in [0.717, 1.165) is 77.4 Å². The molecule has 0 saturated heterocycles. The van der Waals surface area contributed by atoms with Crippen LogP contribution in [0, 0.1) is 0 Å². The van der Waals surface area contributed by atoms with E-state index in [0.29, 0.717) is 27.6 Å². The molecule has 3 aliphatic carbocycles. The fourth-order valence-electron chi connectivity index (χ4n) is 10.9. The molecule has 11 heteroatoms. The number of anilines is 3. The number of Topliss-reactive ketones (excluding diaryl/α,β-unsaturated/α-hetero) is 1. The van der Waals surface area contributed by atoms with Gasteiger partial charge in [0, 0.05) is 55.6 Å². The Balaban J connectivity index is 1.02. The summed E-state index contributed by atoms with van der Waals surface area (Å²) in [6, 6.07) is 50.4. The number of hydrogen-bond acceptors (Lipinski definition) is 9. The highest BCUT2D eigenvalue weighted by Gasteiger charge is 2.49. The number of allylic oxidation sites excluding steroid dienone is 2. The van der Waals surface area contributed by atoms with Gasteiger partial charge in [0.1, 0.15) is 11.5 Å². The number of aliphatic hydroxyl groups is 1. The third-order valence-electron chi connectivity index (χ3n) is 13.5. The second-order valence-corrected chi connectivity index (χ2v) is 18.5. The third kappa shape index (κ3) is 4.96. The summed E-state index contributed by atoms with van der Waals surface area (Å²) in [6.45, 7) is 0.0688. The molecular formula is C53H36N4O6S. The number of benzene rings is 8. The maximum absolute atomic E-state index is 15.0. The Hall–Kier alpha value is -7.73. The molecule has 13 rings (SSSR count). The van der Waals surface area contributed by atoms with Crippen LogP contribution in [0.5, 0.6) is 5.75 Å². The molecule has 2 aliphatic heterocycles. The summed E-state index contributed by atoms with van der Waals surface area (Å²) in [7, 11) is -4.14. The number of hydrogen-bond donors (Lipinski definition) is 5. The SMILES string of the molecule is O=C1C(c2ccc3cc(OCCCS(=O)(=O)O)cc4c3c2NC2(N4)c3ccccc3-c3ccccc32)=C(O)/C1=c1/ccc2cccc3c2c1=NC1(N3)c2ccccc2-c2ccccc21. The van der Waals surface area contributed by atoms with Crippen LogP contribution in [0.15, 0.2) is 162 Å². The molecule has 2 spiro atoms. The number of aliphatic hydroxyl groups excluding tert-OH is 1. The molecule has 8 aromatic rings. The quantitative estimate of drug-likeness (QED) is 0.0816. The maximum atomic E-state index is 15.0. The van der Waals surface area contributed by atoms with Crippen molar-refractivity contribution < 1.29 is 27.6 Å². The van der Waals surface area contributed by atoms with Gasteiger partial charge < -0.3 is 25.8 Å². The van der Waals surface area contributed by atoms with Crippen molar-refractivity contribution in [1.82, 2.24) is 0 Å². The van der Waals surface area contributed by atoms with E-state index in [-0.39, 0.29) is 35.7 Å². The van der Waals surface area contributed by atoms with Crippen LogP contribution in [0.25, 0.3) is 54.9 Å². The van der Waals surface area contributed by atoms with Gasteiger partial charge in [-0.15, -0.1) is 0 Å². The molecule has 0 saturated carbocycles. The number of nitrogens with one attached hydrogen (secondary N) is 3. The molecule has 5 aliphatic rings. The lowest BCUT2D eigenvalue weighted by Crippen LogP contribution is -2.45. The van der Waals surface area contributed by atoms with Crippen LogP contribution in [-0.4, -0.2) is 36.2 Å². The third-order valence-corrected chi connectivity index (χ3v) is 14.3. The number of ketones is 1. The number of carbonyl (C=O) groups is 1. The van der Waals surface area contributed by atoms with Gasteiger partial charge in [0.15, 0.2) is 11.3 Å². The van der Waals surface area contributed by atoms with Gasteiger partial charge in [-0.05, 0) is 51.6 Å². The number of ether oxygens (including phenoxy) is 1. The first-order chi connectivity index (χ1) is 31.1. The summed E-state index contributed by atoms with van der Waals surface area (Å²) in [5, 5.41) is 28.6. The van der Waals surface area contributed by atoms with Crippen LogP contribution in [-0.2, 0) is 26.2 Å². The van der Waals surface area contributed by atoms with Crippen molar-refractivity contribution in [3.05, 3.63) is 196 Å². The van der Waals surface area contributed by atoms with Crippen molar-refractivity contribution >= 4 is 65.7 Å². The average molecular weight is 857 g/mol. The second-order valence-electron chi connectivity index (χ2n) is 17.0. The molecule has 0 atom stereocenters. The largest absolute Gasteiger partial charge is 0.506 e. The van der Waals surface area contributed by atoms with Gasteiger partial charge in [0.2, 0.25) is 5.78 Å². The van der Waals surface area contributed by atoms with E-state index in [2.05, 4.69) is 64.5 Å². The second kappa shape index (κ2) is 12.9. The first kappa shape index (κ1) is 36.9. The van der Waals surface area contributed by atoms with Crippen molar-refractivity contribution in [2.75, 3.05) is 28.3 Å². The molecule has 0 aromatic heterocycles. The molecular weight excluding hydrogens is 821 g/mol. The highest BCUT2D eigenvalue weighted by atomic mass is 32.2. The summed E-state index contributed by atoms with van der Waals surface area (Å²) < 4.78 is 38.3. The summed E-state index contributed by atoms with van der Waals surface area (Å²) in [5.74, 6) is -0.309. The van der Waals surface area contributed by atoms with Gasteiger partial charge >= 0.3 is 0 Å². The molecule has 0 amide bonds. The fraction of sp³-hybridized carbons (Fsp3) is 0.0943. The highest BCUT2D eigenvalue weighted by molar-refractivity contribution is 7.85. The monoisotopic (exact) mass is 856 g/mol. The molecule has 310 valence electrons. The Kier molecular flexibility index (Phi) is 7.44. The number of carbonyl (C=O) groups excluding carboxylic acids is 1. The predicted octanol–water partition coefficient (Wildman–Crippen LogP) is 9.00. The smallest absolute Gasteiger partial charge is 0.264 e. The van der Waals surface area contributed by atoms with Gasteiger partial charge in [-0.25, -0.2) is 4.99 Å². The summed E-state index contributed by atoms with van der Waals surface area (Å²) in [6.07, 6.45) is 0.107. The van der Waals surface area contributed by atoms with Gasteiger partial charge in [-0.1, -0.05) is 133 Å². The van der Waals surface area contributed by atoms with Crippen molar-refractivity contribution in [3.8, 4) is 28.0 Å². The lowest BCUT2D eigenvalue weighted by Gasteiger charge is -2.41. The van der Waals surface area contributed by atoms with E-state index >= 15 is 4.79 Å². The lowest BCUT2D eigenvalue weighted by atomic mass is 9.79. The lowest BCUT2D eigenvalue weighted by molar-refractivity contribution is -0.109. The molecule has 8 aromatic carbocycles.